The van der Waals surface area contributed by atoms with E-state index < -0.39 is 16.1 Å². The van der Waals surface area contributed by atoms with Crippen LogP contribution in [-0.2, 0) is 19.6 Å². The Hall–Kier alpha value is -2.13. The number of hydrogen-bond acceptors (Lipinski definition) is 5. The molecule has 2 amide bonds. The molecule has 0 saturated carbocycles. The summed E-state index contributed by atoms with van der Waals surface area (Å²) < 4.78 is 30.7. The van der Waals surface area contributed by atoms with E-state index in [0.717, 1.165) is 0 Å². The molecule has 0 radical (unpaired) electrons. The van der Waals surface area contributed by atoms with Gasteiger partial charge in [0.05, 0.1) is 11.4 Å². The predicted octanol–water partition coefficient (Wildman–Crippen LogP) is 1.41. The minimum absolute atomic E-state index is 0.0748. The number of benzene rings is 1. The van der Waals surface area contributed by atoms with Crippen LogP contribution in [0.15, 0.2) is 18.2 Å². The lowest BCUT2D eigenvalue weighted by Gasteiger charge is -2.30. The van der Waals surface area contributed by atoms with E-state index in [1.54, 1.807) is 32.0 Å². The van der Waals surface area contributed by atoms with Crippen molar-refractivity contribution in [1.82, 2.24) is 4.31 Å². The van der Waals surface area contributed by atoms with Crippen LogP contribution < -0.4 is 15.4 Å². The lowest BCUT2D eigenvalue weighted by molar-refractivity contribution is -0.122. The molecule has 9 heteroatoms. The van der Waals surface area contributed by atoms with Crippen LogP contribution in [0, 0.1) is 5.92 Å². The van der Waals surface area contributed by atoms with Gasteiger partial charge in [0.25, 0.3) is 5.91 Å². The Labute approximate surface area is 152 Å². The first kappa shape index (κ1) is 18.7. The van der Waals surface area contributed by atoms with E-state index in [9.17, 15) is 18.0 Å². The standard InChI is InChI=1S/C17H23N3O5S/c1-3-26(23,24)20-8-6-12(7-9-20)17(22)18-13-4-5-15-14(10-13)19-16(21)11(2)25-15/h4-5,10-12H,3,6-9H2,1-2H3,(H,18,22)(H,19,21). The van der Waals surface area contributed by atoms with Gasteiger partial charge in [0, 0.05) is 24.7 Å². The minimum atomic E-state index is -3.20. The second kappa shape index (κ2) is 7.24. The van der Waals surface area contributed by atoms with E-state index in [1.807, 2.05) is 0 Å². The van der Waals surface area contributed by atoms with Crippen molar-refractivity contribution in [1.29, 1.82) is 0 Å². The van der Waals surface area contributed by atoms with Crippen LogP contribution in [0.4, 0.5) is 11.4 Å². The van der Waals surface area contributed by atoms with Crippen molar-refractivity contribution in [3.63, 3.8) is 0 Å². The fraction of sp³-hybridized carbons (Fsp3) is 0.529. The van der Waals surface area contributed by atoms with Crippen molar-refractivity contribution in [2.24, 2.45) is 5.92 Å². The van der Waals surface area contributed by atoms with E-state index in [1.165, 1.54) is 4.31 Å². The smallest absolute Gasteiger partial charge is 0.265 e. The maximum atomic E-state index is 12.5. The molecule has 2 aliphatic rings. The first-order chi connectivity index (χ1) is 12.3. The van der Waals surface area contributed by atoms with E-state index >= 15 is 0 Å². The van der Waals surface area contributed by atoms with Gasteiger partial charge in [0.15, 0.2) is 6.10 Å². The molecule has 142 valence electrons. The first-order valence-corrected chi connectivity index (χ1v) is 10.3. The van der Waals surface area contributed by atoms with Gasteiger partial charge >= 0.3 is 0 Å². The quantitative estimate of drug-likeness (QED) is 0.820. The van der Waals surface area contributed by atoms with Gasteiger partial charge in [0.2, 0.25) is 15.9 Å². The van der Waals surface area contributed by atoms with Gasteiger partial charge in [0.1, 0.15) is 5.75 Å². The summed E-state index contributed by atoms with van der Waals surface area (Å²) in [6, 6.07) is 5.09. The zero-order chi connectivity index (χ0) is 18.9. The lowest BCUT2D eigenvalue weighted by atomic mass is 9.97. The van der Waals surface area contributed by atoms with Gasteiger partial charge in [-0.2, -0.15) is 0 Å². The topological polar surface area (TPSA) is 105 Å². The second-order valence-electron chi connectivity index (χ2n) is 6.52. The number of nitrogens with zero attached hydrogens (tertiary/aromatic N) is 1. The van der Waals surface area contributed by atoms with Crippen LogP contribution in [0.2, 0.25) is 0 Å². The van der Waals surface area contributed by atoms with Crippen molar-refractivity contribution in [3.05, 3.63) is 18.2 Å². The molecule has 2 heterocycles. The highest BCUT2D eigenvalue weighted by atomic mass is 32.2. The highest BCUT2D eigenvalue weighted by Crippen LogP contribution is 2.32. The average molecular weight is 381 g/mol. The van der Waals surface area contributed by atoms with Gasteiger partial charge in [-0.05, 0) is 44.9 Å². The number of piperidine rings is 1. The number of sulfonamides is 1. The summed E-state index contributed by atoms with van der Waals surface area (Å²) in [6.07, 6.45) is 0.438. The molecule has 2 aliphatic heterocycles. The molecule has 2 N–H and O–H groups in total. The van der Waals surface area contributed by atoms with Crippen molar-refractivity contribution < 1.29 is 22.7 Å². The van der Waals surface area contributed by atoms with E-state index in [4.69, 9.17) is 4.74 Å². The Morgan fingerprint density at radius 3 is 2.69 bits per heavy atom. The maximum Gasteiger partial charge on any atom is 0.265 e. The fourth-order valence-corrected chi connectivity index (χ4v) is 4.24. The number of carbonyl (C=O) groups excluding carboxylic acids is 2. The van der Waals surface area contributed by atoms with Crippen molar-refractivity contribution >= 4 is 33.2 Å². The molecule has 1 aromatic rings. The van der Waals surface area contributed by atoms with Gasteiger partial charge in [-0.3, -0.25) is 9.59 Å². The minimum Gasteiger partial charge on any atom is -0.479 e. The van der Waals surface area contributed by atoms with E-state index in [0.29, 0.717) is 43.1 Å². The zero-order valence-corrected chi connectivity index (χ0v) is 15.6. The number of nitrogens with one attached hydrogen (secondary N) is 2. The Bertz CT molecular complexity index is 816. The molecule has 0 bridgehead atoms. The molecular weight excluding hydrogens is 358 g/mol. The summed E-state index contributed by atoms with van der Waals surface area (Å²) in [4.78, 5) is 24.2. The van der Waals surface area contributed by atoms with Gasteiger partial charge < -0.3 is 15.4 Å². The molecule has 1 aromatic carbocycles. The molecule has 1 atom stereocenters. The van der Waals surface area contributed by atoms with Crippen LogP contribution in [-0.4, -0.2) is 49.5 Å². The zero-order valence-electron chi connectivity index (χ0n) is 14.8. The Kier molecular flexibility index (Phi) is 5.19. The molecule has 1 unspecified atom stereocenters. The highest BCUT2D eigenvalue weighted by Gasteiger charge is 2.30. The molecule has 1 fully saturated rings. The predicted molar refractivity (Wildman–Crippen MR) is 97.5 cm³/mol. The maximum absolute atomic E-state index is 12.5. The number of rotatable bonds is 4. The fourth-order valence-electron chi connectivity index (χ4n) is 3.11. The van der Waals surface area contributed by atoms with Crippen LogP contribution in [0.25, 0.3) is 0 Å². The third kappa shape index (κ3) is 3.83. The largest absolute Gasteiger partial charge is 0.479 e. The van der Waals surface area contributed by atoms with Crippen molar-refractivity contribution in [2.45, 2.75) is 32.8 Å². The molecule has 1 saturated heterocycles. The summed E-state index contributed by atoms with van der Waals surface area (Å²) in [5, 5.41) is 5.58. The molecule has 0 aliphatic carbocycles. The molecule has 8 nitrogen and oxygen atoms in total. The summed E-state index contributed by atoms with van der Waals surface area (Å²) in [5.41, 5.74) is 1.09. The van der Waals surface area contributed by atoms with Crippen LogP contribution in [0.1, 0.15) is 26.7 Å². The number of carbonyl (C=O) groups is 2. The van der Waals surface area contributed by atoms with Crippen LogP contribution >= 0.6 is 0 Å². The summed E-state index contributed by atoms with van der Waals surface area (Å²) in [5.74, 6) is 0.0274. The second-order valence-corrected chi connectivity index (χ2v) is 8.78. The number of fused-ring (bicyclic) bond motifs is 1. The molecule has 0 aromatic heterocycles. The SMILES string of the molecule is CCS(=O)(=O)N1CCC(C(=O)Nc2ccc3c(c2)NC(=O)C(C)O3)CC1. The monoisotopic (exact) mass is 381 g/mol. The third-order valence-electron chi connectivity index (χ3n) is 4.76. The van der Waals surface area contributed by atoms with Crippen molar-refractivity contribution in [2.75, 3.05) is 29.5 Å². The van der Waals surface area contributed by atoms with Crippen LogP contribution in [0.3, 0.4) is 0 Å². The molecular formula is C17H23N3O5S. The third-order valence-corrected chi connectivity index (χ3v) is 6.64. The lowest BCUT2D eigenvalue weighted by Crippen LogP contribution is -2.42. The number of hydrogen-bond donors (Lipinski definition) is 2. The normalized spacial score (nSPS) is 21.5. The Balaban J connectivity index is 1.61. The number of amides is 2. The number of anilines is 2. The van der Waals surface area contributed by atoms with E-state index in [2.05, 4.69) is 10.6 Å². The summed E-state index contributed by atoms with van der Waals surface area (Å²) >= 11 is 0. The Morgan fingerprint density at radius 1 is 1.35 bits per heavy atom. The van der Waals surface area contributed by atoms with Gasteiger partial charge in [-0.15, -0.1) is 0 Å². The number of ether oxygens (including phenoxy) is 1. The van der Waals surface area contributed by atoms with E-state index in [-0.39, 0.29) is 23.5 Å². The first-order valence-electron chi connectivity index (χ1n) is 8.70. The van der Waals surface area contributed by atoms with Gasteiger partial charge in [-0.25, -0.2) is 12.7 Å². The molecule has 26 heavy (non-hydrogen) atoms. The van der Waals surface area contributed by atoms with Crippen LogP contribution in [0.5, 0.6) is 5.75 Å². The molecule has 0 spiro atoms. The molecule has 3 rings (SSSR count). The summed E-state index contributed by atoms with van der Waals surface area (Å²) in [6.45, 7) is 4.01. The Morgan fingerprint density at radius 2 is 2.04 bits per heavy atom. The highest BCUT2D eigenvalue weighted by molar-refractivity contribution is 7.89. The van der Waals surface area contributed by atoms with Gasteiger partial charge in [-0.1, -0.05) is 0 Å². The van der Waals surface area contributed by atoms with Crippen molar-refractivity contribution in [3.8, 4) is 5.75 Å². The average Bonchev–Trinajstić information content (AvgIpc) is 2.63. The summed E-state index contributed by atoms with van der Waals surface area (Å²) in [7, 11) is -3.20.